The summed E-state index contributed by atoms with van der Waals surface area (Å²) in [6.45, 7) is 6.26. The summed E-state index contributed by atoms with van der Waals surface area (Å²) in [4.78, 5) is 28.0. The van der Waals surface area contributed by atoms with E-state index in [4.69, 9.17) is 4.74 Å². The lowest BCUT2D eigenvalue weighted by Crippen LogP contribution is -2.47. The van der Waals surface area contributed by atoms with Gasteiger partial charge in [0.15, 0.2) is 5.82 Å². The number of tetrazole rings is 1. The Hall–Kier alpha value is -2.23. The maximum Gasteiger partial charge on any atom is 0.409 e. The summed E-state index contributed by atoms with van der Waals surface area (Å²) in [6, 6.07) is 0.0617. The first-order valence-electron chi connectivity index (χ1n) is 9.34. The van der Waals surface area contributed by atoms with Gasteiger partial charge in [-0.1, -0.05) is 0 Å². The minimum absolute atomic E-state index is 0.0617. The second-order valence-corrected chi connectivity index (χ2v) is 6.76. The number of hydrogen-bond acceptors (Lipinski definition) is 7. The summed E-state index contributed by atoms with van der Waals surface area (Å²) in [5, 5.41) is 14.7. The van der Waals surface area contributed by atoms with Gasteiger partial charge in [-0.25, -0.2) is 9.48 Å². The smallest absolute Gasteiger partial charge is 0.409 e. The van der Waals surface area contributed by atoms with Crippen LogP contribution in [0.2, 0.25) is 0 Å². The molecule has 0 spiro atoms. The monoisotopic (exact) mass is 365 g/mol. The van der Waals surface area contributed by atoms with Crippen molar-refractivity contribution in [1.82, 2.24) is 35.3 Å². The number of ether oxygens (including phenoxy) is 1. The number of carbonyl (C=O) groups is 2. The van der Waals surface area contributed by atoms with Crippen molar-refractivity contribution in [1.29, 1.82) is 0 Å². The van der Waals surface area contributed by atoms with Crippen LogP contribution in [0.15, 0.2) is 0 Å². The third-order valence-corrected chi connectivity index (χ3v) is 4.85. The number of hydrogen-bond donors (Lipinski definition) is 1. The van der Waals surface area contributed by atoms with E-state index >= 15 is 0 Å². The van der Waals surface area contributed by atoms with E-state index in [2.05, 4.69) is 25.7 Å². The van der Waals surface area contributed by atoms with Gasteiger partial charge in [0, 0.05) is 19.1 Å². The van der Waals surface area contributed by atoms with Crippen molar-refractivity contribution in [2.75, 3.05) is 32.8 Å². The summed E-state index contributed by atoms with van der Waals surface area (Å²) in [5.74, 6) is 0.619. The molecule has 0 aromatic carbocycles. The van der Waals surface area contributed by atoms with Gasteiger partial charge in [-0.2, -0.15) is 0 Å². The molecule has 1 N–H and O–H groups in total. The van der Waals surface area contributed by atoms with Gasteiger partial charge in [0.1, 0.15) is 6.54 Å². The van der Waals surface area contributed by atoms with Crippen molar-refractivity contribution >= 4 is 12.0 Å². The molecule has 0 unspecified atom stereocenters. The molecule has 2 saturated heterocycles. The van der Waals surface area contributed by atoms with Gasteiger partial charge in [-0.3, -0.25) is 9.69 Å². The standard InChI is InChI=1S/C16H27N7O3/c1-2-26-16(25)22-9-5-13(6-10-22)17-15(24)12-23-14(18-19-20-23)11-21-7-3-4-8-21/h13H,2-12H2,1H3,(H,17,24). The number of nitrogens with one attached hydrogen (secondary N) is 1. The average Bonchev–Trinajstić information content (AvgIpc) is 3.29. The molecule has 26 heavy (non-hydrogen) atoms. The van der Waals surface area contributed by atoms with Crippen molar-refractivity contribution in [2.45, 2.75) is 51.7 Å². The normalized spacial score (nSPS) is 18.9. The van der Waals surface area contributed by atoms with Gasteiger partial charge in [0.05, 0.1) is 13.2 Å². The number of aromatic nitrogens is 4. The summed E-state index contributed by atoms with van der Waals surface area (Å²) < 4.78 is 6.58. The molecular weight excluding hydrogens is 338 g/mol. The van der Waals surface area contributed by atoms with Crippen LogP contribution in [0.5, 0.6) is 0 Å². The molecule has 0 bridgehead atoms. The Morgan fingerprint density at radius 3 is 2.62 bits per heavy atom. The summed E-state index contributed by atoms with van der Waals surface area (Å²) in [5.41, 5.74) is 0. The Balaban J connectivity index is 1.43. The van der Waals surface area contributed by atoms with Crippen molar-refractivity contribution in [3.63, 3.8) is 0 Å². The lowest BCUT2D eigenvalue weighted by Gasteiger charge is -2.31. The van der Waals surface area contributed by atoms with Crippen LogP contribution in [0.1, 0.15) is 38.4 Å². The minimum Gasteiger partial charge on any atom is -0.450 e. The minimum atomic E-state index is -0.280. The first-order chi connectivity index (χ1) is 12.7. The Morgan fingerprint density at radius 1 is 1.19 bits per heavy atom. The Labute approximate surface area is 152 Å². The molecule has 144 valence electrons. The molecule has 2 fully saturated rings. The van der Waals surface area contributed by atoms with E-state index in [0.29, 0.717) is 26.2 Å². The third-order valence-electron chi connectivity index (χ3n) is 4.85. The van der Waals surface area contributed by atoms with Crippen LogP contribution in [-0.4, -0.2) is 80.8 Å². The van der Waals surface area contributed by atoms with E-state index < -0.39 is 0 Å². The van der Waals surface area contributed by atoms with Crippen LogP contribution in [-0.2, 0) is 22.6 Å². The Bertz CT molecular complexity index is 607. The number of likely N-dealkylation sites (tertiary alicyclic amines) is 2. The molecule has 2 aliphatic heterocycles. The quantitative estimate of drug-likeness (QED) is 0.757. The summed E-state index contributed by atoms with van der Waals surface area (Å²) >= 11 is 0. The maximum atomic E-state index is 12.3. The van der Waals surface area contributed by atoms with Crippen LogP contribution >= 0.6 is 0 Å². The summed E-state index contributed by atoms with van der Waals surface area (Å²) in [7, 11) is 0. The highest BCUT2D eigenvalue weighted by atomic mass is 16.6. The van der Waals surface area contributed by atoms with E-state index in [0.717, 1.165) is 31.8 Å². The van der Waals surface area contributed by atoms with Crippen LogP contribution in [0.4, 0.5) is 4.79 Å². The molecule has 2 aliphatic rings. The van der Waals surface area contributed by atoms with Crippen LogP contribution in [0.3, 0.4) is 0 Å². The zero-order valence-electron chi connectivity index (χ0n) is 15.3. The number of nitrogens with zero attached hydrogens (tertiary/aromatic N) is 6. The topological polar surface area (TPSA) is 105 Å². The van der Waals surface area contributed by atoms with Crippen molar-refractivity contribution in [3.8, 4) is 0 Å². The number of carbonyl (C=O) groups excluding carboxylic acids is 2. The Morgan fingerprint density at radius 2 is 1.92 bits per heavy atom. The largest absolute Gasteiger partial charge is 0.450 e. The molecule has 3 rings (SSSR count). The highest BCUT2D eigenvalue weighted by molar-refractivity contribution is 5.76. The fourth-order valence-corrected chi connectivity index (χ4v) is 3.43. The molecule has 0 radical (unpaired) electrons. The van der Waals surface area contributed by atoms with Gasteiger partial charge in [-0.05, 0) is 56.1 Å². The van der Waals surface area contributed by atoms with E-state index in [1.165, 1.54) is 12.8 Å². The highest BCUT2D eigenvalue weighted by Crippen LogP contribution is 2.12. The molecule has 10 nitrogen and oxygen atoms in total. The lowest BCUT2D eigenvalue weighted by atomic mass is 10.1. The van der Waals surface area contributed by atoms with Gasteiger partial charge in [-0.15, -0.1) is 5.10 Å². The van der Waals surface area contributed by atoms with Gasteiger partial charge in [0.2, 0.25) is 5.91 Å². The first kappa shape index (κ1) is 18.6. The lowest BCUT2D eigenvalue weighted by molar-refractivity contribution is -0.122. The zero-order chi connectivity index (χ0) is 18.4. The fraction of sp³-hybridized carbons (Fsp3) is 0.812. The van der Waals surface area contributed by atoms with Crippen molar-refractivity contribution < 1.29 is 14.3 Å². The predicted octanol–water partition coefficient (Wildman–Crippen LogP) is 0.00600. The van der Waals surface area contributed by atoms with E-state index in [1.54, 1.807) is 16.5 Å². The van der Waals surface area contributed by atoms with Crippen LogP contribution in [0.25, 0.3) is 0 Å². The predicted molar refractivity (Wildman–Crippen MR) is 92.1 cm³/mol. The van der Waals surface area contributed by atoms with Crippen LogP contribution in [0, 0.1) is 0 Å². The second kappa shape index (κ2) is 8.93. The number of amides is 2. The van der Waals surface area contributed by atoms with Crippen LogP contribution < -0.4 is 5.32 Å². The highest BCUT2D eigenvalue weighted by Gasteiger charge is 2.25. The molecule has 2 amide bonds. The number of rotatable bonds is 6. The van der Waals surface area contributed by atoms with Gasteiger partial charge in [0.25, 0.3) is 0 Å². The van der Waals surface area contributed by atoms with Gasteiger partial charge < -0.3 is 15.0 Å². The third kappa shape index (κ3) is 4.90. The molecule has 3 heterocycles. The molecule has 0 aliphatic carbocycles. The van der Waals surface area contributed by atoms with E-state index in [-0.39, 0.29) is 24.6 Å². The van der Waals surface area contributed by atoms with Gasteiger partial charge >= 0.3 is 6.09 Å². The molecule has 1 aromatic heterocycles. The first-order valence-corrected chi connectivity index (χ1v) is 9.34. The Kier molecular flexibility index (Phi) is 6.37. The molecule has 1 aromatic rings. The second-order valence-electron chi connectivity index (χ2n) is 6.76. The molecular formula is C16H27N7O3. The van der Waals surface area contributed by atoms with Crippen molar-refractivity contribution in [2.24, 2.45) is 0 Å². The zero-order valence-corrected chi connectivity index (χ0v) is 15.3. The van der Waals surface area contributed by atoms with E-state index in [1.807, 2.05) is 0 Å². The molecule has 0 atom stereocenters. The fourth-order valence-electron chi connectivity index (χ4n) is 3.43. The molecule has 0 saturated carbocycles. The average molecular weight is 365 g/mol. The summed E-state index contributed by atoms with van der Waals surface area (Å²) in [6.07, 6.45) is 3.57. The van der Waals surface area contributed by atoms with E-state index in [9.17, 15) is 9.59 Å². The SMILES string of the molecule is CCOC(=O)N1CCC(NC(=O)Cn2nnnc2CN2CCCC2)CC1. The maximum absolute atomic E-state index is 12.3. The van der Waals surface area contributed by atoms with Crippen molar-refractivity contribution in [3.05, 3.63) is 5.82 Å². The molecule has 10 heteroatoms. The number of piperidine rings is 1.